The van der Waals surface area contributed by atoms with Crippen LogP contribution in [0.25, 0.3) is 10.6 Å². The quantitative estimate of drug-likeness (QED) is 0.489. The largest absolute Gasteiger partial charge is 0.494 e. The molecule has 3 aromatic rings. The van der Waals surface area contributed by atoms with Crippen LogP contribution in [0.1, 0.15) is 12.6 Å². The molecule has 184 valence electrons. The number of hydrogen-bond donors (Lipinski definition) is 1. The van der Waals surface area contributed by atoms with Crippen molar-refractivity contribution in [3.63, 3.8) is 0 Å². The van der Waals surface area contributed by atoms with Crippen molar-refractivity contribution in [3.8, 4) is 16.3 Å². The maximum atomic E-state index is 12.7. The van der Waals surface area contributed by atoms with Crippen LogP contribution in [0, 0.1) is 0 Å². The molecule has 0 radical (unpaired) electrons. The number of likely N-dealkylation sites (N-methyl/N-ethyl adjacent to an activating group) is 1. The van der Waals surface area contributed by atoms with E-state index < -0.39 is 0 Å². The molecular formula is C26H30N4O4S. The van der Waals surface area contributed by atoms with Gasteiger partial charge >= 0.3 is 0 Å². The number of carbonyl (C=O) groups is 2. The van der Waals surface area contributed by atoms with E-state index in [2.05, 4.69) is 15.2 Å². The van der Waals surface area contributed by atoms with E-state index in [1.807, 2.05) is 60.8 Å². The lowest BCUT2D eigenvalue weighted by atomic mass is 10.2. The van der Waals surface area contributed by atoms with Gasteiger partial charge in [-0.25, -0.2) is 4.98 Å². The summed E-state index contributed by atoms with van der Waals surface area (Å²) in [7, 11) is 1.63. The van der Waals surface area contributed by atoms with Crippen LogP contribution in [-0.2, 0) is 20.7 Å². The first-order chi connectivity index (χ1) is 17.0. The fourth-order valence-corrected chi connectivity index (χ4v) is 4.58. The zero-order valence-electron chi connectivity index (χ0n) is 20.0. The number of hydrogen-bond acceptors (Lipinski definition) is 7. The van der Waals surface area contributed by atoms with Crippen molar-refractivity contribution in [1.29, 1.82) is 0 Å². The minimum absolute atomic E-state index is 0.0278. The molecule has 0 bridgehead atoms. The molecular weight excluding hydrogens is 464 g/mol. The zero-order chi connectivity index (χ0) is 24.6. The lowest BCUT2D eigenvalue weighted by Crippen LogP contribution is -2.36. The number of aromatic nitrogens is 1. The van der Waals surface area contributed by atoms with E-state index in [0.29, 0.717) is 18.0 Å². The molecule has 0 saturated carbocycles. The summed E-state index contributed by atoms with van der Waals surface area (Å²) in [5.41, 5.74) is 3.47. The highest BCUT2D eigenvalue weighted by Crippen LogP contribution is 2.26. The van der Waals surface area contributed by atoms with E-state index in [-0.39, 0.29) is 24.8 Å². The minimum Gasteiger partial charge on any atom is -0.494 e. The highest BCUT2D eigenvalue weighted by Gasteiger charge is 2.16. The van der Waals surface area contributed by atoms with Gasteiger partial charge in [-0.1, -0.05) is 0 Å². The molecule has 9 heteroatoms. The van der Waals surface area contributed by atoms with Crippen LogP contribution in [0.2, 0.25) is 0 Å². The molecule has 0 spiro atoms. The van der Waals surface area contributed by atoms with Crippen molar-refractivity contribution in [3.05, 3.63) is 59.6 Å². The van der Waals surface area contributed by atoms with Gasteiger partial charge in [-0.05, 0) is 55.5 Å². The number of benzene rings is 2. The number of rotatable bonds is 9. The highest BCUT2D eigenvalue weighted by molar-refractivity contribution is 7.13. The first-order valence-corrected chi connectivity index (χ1v) is 12.5. The Balaban J connectivity index is 1.26. The molecule has 2 heterocycles. The molecule has 0 atom stereocenters. The van der Waals surface area contributed by atoms with Gasteiger partial charge in [0.05, 0.1) is 38.5 Å². The van der Waals surface area contributed by atoms with Crippen LogP contribution >= 0.6 is 11.3 Å². The number of ether oxygens (including phenoxy) is 2. The lowest BCUT2D eigenvalue weighted by Gasteiger charge is -2.28. The van der Waals surface area contributed by atoms with Gasteiger partial charge < -0.3 is 24.6 Å². The van der Waals surface area contributed by atoms with Crippen molar-refractivity contribution >= 4 is 34.5 Å². The Kier molecular flexibility index (Phi) is 8.33. The lowest BCUT2D eigenvalue weighted by molar-refractivity contribution is -0.132. The first-order valence-electron chi connectivity index (χ1n) is 11.7. The third kappa shape index (κ3) is 6.80. The predicted octanol–water partition coefficient (Wildman–Crippen LogP) is 3.69. The second-order valence-corrected chi connectivity index (χ2v) is 9.08. The maximum absolute atomic E-state index is 12.7. The number of carbonyl (C=O) groups excluding carboxylic acids is 2. The van der Waals surface area contributed by atoms with Crippen molar-refractivity contribution in [2.45, 2.75) is 13.3 Å². The Bertz CT molecular complexity index is 1130. The van der Waals surface area contributed by atoms with E-state index in [1.165, 1.54) is 16.2 Å². The smallest absolute Gasteiger partial charge is 0.243 e. The Morgan fingerprint density at radius 1 is 1.11 bits per heavy atom. The van der Waals surface area contributed by atoms with E-state index in [1.54, 1.807) is 7.05 Å². The van der Waals surface area contributed by atoms with Gasteiger partial charge in [-0.2, -0.15) is 0 Å². The summed E-state index contributed by atoms with van der Waals surface area (Å²) in [5, 5.41) is 5.59. The second-order valence-electron chi connectivity index (χ2n) is 8.22. The first kappa shape index (κ1) is 24.7. The van der Waals surface area contributed by atoms with E-state index in [9.17, 15) is 9.59 Å². The minimum atomic E-state index is -0.242. The predicted molar refractivity (Wildman–Crippen MR) is 138 cm³/mol. The van der Waals surface area contributed by atoms with Crippen LogP contribution in [0.4, 0.5) is 11.4 Å². The van der Waals surface area contributed by atoms with Gasteiger partial charge in [-0.15, -0.1) is 11.3 Å². The molecule has 0 aliphatic carbocycles. The number of nitrogens with one attached hydrogen (secondary N) is 1. The van der Waals surface area contributed by atoms with Gasteiger partial charge in [0.15, 0.2) is 0 Å². The Morgan fingerprint density at radius 3 is 2.51 bits per heavy atom. The molecule has 2 amide bonds. The van der Waals surface area contributed by atoms with Crippen LogP contribution in [0.3, 0.4) is 0 Å². The Morgan fingerprint density at radius 2 is 1.83 bits per heavy atom. The van der Waals surface area contributed by atoms with E-state index >= 15 is 0 Å². The SMILES string of the molecule is CCOc1ccc(-c2nc(CC(=O)N(C)CC(=O)Nc3ccc(N4CCOCC4)cc3)cs2)cc1. The number of thiazole rings is 1. The van der Waals surface area contributed by atoms with Gasteiger partial charge in [0.1, 0.15) is 10.8 Å². The number of morpholine rings is 1. The fourth-order valence-electron chi connectivity index (χ4n) is 3.75. The molecule has 1 aromatic heterocycles. The summed E-state index contributed by atoms with van der Waals surface area (Å²) in [5.74, 6) is 0.413. The molecule has 1 aliphatic heterocycles. The van der Waals surface area contributed by atoms with Crippen molar-refractivity contribution < 1.29 is 19.1 Å². The summed E-state index contributed by atoms with van der Waals surface area (Å²) >= 11 is 1.49. The molecule has 1 aliphatic rings. The van der Waals surface area contributed by atoms with E-state index in [0.717, 1.165) is 48.3 Å². The van der Waals surface area contributed by atoms with Crippen LogP contribution in [0.5, 0.6) is 5.75 Å². The van der Waals surface area contributed by atoms with E-state index in [4.69, 9.17) is 9.47 Å². The molecule has 4 rings (SSSR count). The number of amides is 2. The summed E-state index contributed by atoms with van der Waals surface area (Å²) in [6.45, 7) is 5.71. The maximum Gasteiger partial charge on any atom is 0.243 e. The fraction of sp³-hybridized carbons (Fsp3) is 0.346. The topological polar surface area (TPSA) is 84.0 Å². The van der Waals surface area contributed by atoms with Crippen LogP contribution in [-0.4, -0.2) is 68.2 Å². The summed E-state index contributed by atoms with van der Waals surface area (Å²) in [6, 6.07) is 15.5. The molecule has 8 nitrogen and oxygen atoms in total. The normalized spacial score (nSPS) is 13.4. The molecule has 0 unspecified atom stereocenters. The summed E-state index contributed by atoms with van der Waals surface area (Å²) in [4.78, 5) is 33.4. The average molecular weight is 495 g/mol. The Hall–Kier alpha value is -3.43. The number of nitrogens with zero attached hydrogens (tertiary/aromatic N) is 3. The second kappa shape index (κ2) is 11.8. The number of anilines is 2. The van der Waals surface area contributed by atoms with Crippen molar-refractivity contribution in [1.82, 2.24) is 9.88 Å². The van der Waals surface area contributed by atoms with Gasteiger partial charge in [0.2, 0.25) is 11.8 Å². The molecule has 1 N–H and O–H groups in total. The molecule has 1 fully saturated rings. The zero-order valence-corrected chi connectivity index (χ0v) is 20.8. The van der Waals surface area contributed by atoms with Crippen LogP contribution < -0.4 is 15.0 Å². The Labute approximate surface area is 209 Å². The summed E-state index contributed by atoms with van der Waals surface area (Å²) in [6.07, 6.45) is 0.144. The molecule has 1 saturated heterocycles. The third-order valence-electron chi connectivity index (χ3n) is 5.63. The molecule has 35 heavy (non-hydrogen) atoms. The monoisotopic (exact) mass is 494 g/mol. The van der Waals surface area contributed by atoms with Gasteiger partial charge in [0, 0.05) is 42.5 Å². The summed E-state index contributed by atoms with van der Waals surface area (Å²) < 4.78 is 10.9. The van der Waals surface area contributed by atoms with Gasteiger partial charge in [-0.3, -0.25) is 9.59 Å². The standard InChI is InChI=1S/C26H30N4O4S/c1-3-34-23-10-4-19(5-11-23)26-28-21(18-35-26)16-25(32)29(2)17-24(31)27-20-6-8-22(9-7-20)30-12-14-33-15-13-30/h4-11,18H,3,12-17H2,1-2H3,(H,27,31). The average Bonchev–Trinajstić information content (AvgIpc) is 3.34. The van der Waals surface area contributed by atoms with Crippen LogP contribution in [0.15, 0.2) is 53.9 Å². The molecule has 2 aromatic carbocycles. The highest BCUT2D eigenvalue weighted by atomic mass is 32.1. The van der Waals surface area contributed by atoms with Crippen molar-refractivity contribution in [2.24, 2.45) is 0 Å². The van der Waals surface area contributed by atoms with Gasteiger partial charge in [0.25, 0.3) is 0 Å². The third-order valence-corrected chi connectivity index (χ3v) is 6.57. The van der Waals surface area contributed by atoms with Crippen molar-refractivity contribution in [2.75, 3.05) is 56.7 Å².